The molecule has 0 aliphatic carbocycles. The van der Waals surface area contributed by atoms with Crippen LogP contribution in [0.5, 0.6) is 0 Å². The van der Waals surface area contributed by atoms with E-state index in [4.69, 9.17) is 9.47 Å². The molecule has 0 radical (unpaired) electrons. The van der Waals surface area contributed by atoms with Gasteiger partial charge in [-0.15, -0.1) is 0 Å². The van der Waals surface area contributed by atoms with Gasteiger partial charge in [-0.1, -0.05) is 13.8 Å². The Bertz CT molecular complexity index is 381. The van der Waals surface area contributed by atoms with Gasteiger partial charge in [-0.25, -0.2) is 0 Å². The Morgan fingerprint density at radius 2 is 2.10 bits per heavy atom. The topological polar surface area (TPSA) is 67.9 Å². The number of rotatable bonds is 4. The highest BCUT2D eigenvalue weighted by atomic mass is 16.6. The zero-order valence-electron chi connectivity index (χ0n) is 12.5. The highest BCUT2D eigenvalue weighted by Crippen LogP contribution is 2.23. The minimum absolute atomic E-state index is 0.0272. The normalized spacial score (nSPS) is 35.0. The molecule has 1 N–H and O–H groups in total. The second kappa shape index (κ2) is 6.10. The fourth-order valence-electron chi connectivity index (χ4n) is 2.73. The summed E-state index contributed by atoms with van der Waals surface area (Å²) in [5.41, 5.74) is -0.807. The molecule has 2 aliphatic rings. The maximum absolute atomic E-state index is 12.7. The maximum Gasteiger partial charge on any atom is 0.248 e. The summed E-state index contributed by atoms with van der Waals surface area (Å²) in [6.45, 7) is 7.63. The van der Waals surface area contributed by atoms with Gasteiger partial charge in [0.15, 0.2) is 0 Å². The van der Waals surface area contributed by atoms with E-state index in [1.165, 1.54) is 0 Å². The number of hydrogen-bond donors (Lipinski definition) is 1. The van der Waals surface area contributed by atoms with Crippen molar-refractivity contribution in [2.75, 3.05) is 26.4 Å². The summed E-state index contributed by atoms with van der Waals surface area (Å²) in [7, 11) is 0. The van der Waals surface area contributed by atoms with Crippen LogP contribution >= 0.6 is 0 Å². The summed E-state index contributed by atoms with van der Waals surface area (Å²) in [5, 5.41) is 2.86. The highest BCUT2D eigenvalue weighted by Gasteiger charge is 2.46. The lowest BCUT2D eigenvalue weighted by Gasteiger charge is -2.45. The first-order chi connectivity index (χ1) is 9.51. The molecular formula is C14H24N2O4. The van der Waals surface area contributed by atoms with E-state index >= 15 is 0 Å². The first-order valence-corrected chi connectivity index (χ1v) is 7.34. The van der Waals surface area contributed by atoms with Crippen molar-refractivity contribution >= 4 is 11.8 Å². The average Bonchev–Trinajstić information content (AvgIpc) is 2.46. The van der Waals surface area contributed by atoms with Crippen LogP contribution in [0.1, 0.15) is 33.6 Å². The molecule has 0 saturated carbocycles. The molecule has 3 atom stereocenters. The lowest BCUT2D eigenvalue weighted by Crippen LogP contribution is -2.70. The van der Waals surface area contributed by atoms with Crippen LogP contribution in [0.3, 0.4) is 0 Å². The minimum atomic E-state index is -0.807. The predicted molar refractivity (Wildman–Crippen MR) is 73.2 cm³/mol. The average molecular weight is 284 g/mol. The lowest BCUT2D eigenvalue weighted by molar-refractivity contribution is -0.160. The largest absolute Gasteiger partial charge is 0.376 e. The van der Waals surface area contributed by atoms with Gasteiger partial charge in [-0.2, -0.15) is 0 Å². The summed E-state index contributed by atoms with van der Waals surface area (Å²) in [6.07, 6.45) is 1.03. The first-order valence-electron chi connectivity index (χ1n) is 7.34. The van der Waals surface area contributed by atoms with Crippen molar-refractivity contribution in [3.63, 3.8) is 0 Å². The Morgan fingerprint density at radius 1 is 1.35 bits per heavy atom. The molecule has 6 nitrogen and oxygen atoms in total. The zero-order chi connectivity index (χ0) is 14.8. The van der Waals surface area contributed by atoms with Crippen molar-refractivity contribution in [3.8, 4) is 0 Å². The minimum Gasteiger partial charge on any atom is -0.376 e. The fraction of sp³-hybridized carbons (Fsp3) is 0.857. The van der Waals surface area contributed by atoms with Gasteiger partial charge in [0, 0.05) is 0 Å². The van der Waals surface area contributed by atoms with Gasteiger partial charge < -0.3 is 19.7 Å². The molecule has 2 amide bonds. The van der Waals surface area contributed by atoms with E-state index in [2.05, 4.69) is 5.32 Å². The van der Waals surface area contributed by atoms with E-state index < -0.39 is 11.6 Å². The van der Waals surface area contributed by atoms with E-state index in [0.29, 0.717) is 39.2 Å². The molecule has 20 heavy (non-hydrogen) atoms. The van der Waals surface area contributed by atoms with Gasteiger partial charge in [-0.3, -0.25) is 9.59 Å². The highest BCUT2D eigenvalue weighted by molar-refractivity contribution is 5.99. The van der Waals surface area contributed by atoms with Crippen LogP contribution in [0.15, 0.2) is 0 Å². The summed E-state index contributed by atoms with van der Waals surface area (Å²) in [5.74, 6) is -0.103. The van der Waals surface area contributed by atoms with Crippen LogP contribution < -0.4 is 5.32 Å². The third-order valence-electron chi connectivity index (χ3n) is 4.19. The molecule has 2 rings (SSSR count). The van der Waals surface area contributed by atoms with Gasteiger partial charge in [-0.05, 0) is 19.8 Å². The van der Waals surface area contributed by atoms with E-state index in [1.54, 1.807) is 11.8 Å². The monoisotopic (exact) mass is 284 g/mol. The predicted octanol–water partition coefficient (Wildman–Crippen LogP) is 0.308. The van der Waals surface area contributed by atoms with E-state index in [1.807, 2.05) is 13.8 Å². The fourth-order valence-corrected chi connectivity index (χ4v) is 2.73. The number of piperazine rings is 1. The Morgan fingerprint density at radius 3 is 2.65 bits per heavy atom. The molecule has 0 bridgehead atoms. The summed E-state index contributed by atoms with van der Waals surface area (Å²) >= 11 is 0. The zero-order valence-corrected chi connectivity index (χ0v) is 12.5. The molecule has 0 aromatic carbocycles. The standard InChI is InChI=1S/C14H24N2O4/c1-4-11-12(17)15-14(3,5-2)13(18)16(11)8-10-9-19-6-7-20-10/h10-11H,4-9H2,1-3H3,(H,15,17). The van der Waals surface area contributed by atoms with Crippen molar-refractivity contribution < 1.29 is 19.1 Å². The number of nitrogens with one attached hydrogen (secondary N) is 1. The van der Waals surface area contributed by atoms with Crippen molar-refractivity contribution in [2.24, 2.45) is 0 Å². The van der Waals surface area contributed by atoms with E-state index in [0.717, 1.165) is 0 Å². The van der Waals surface area contributed by atoms with Crippen molar-refractivity contribution in [1.82, 2.24) is 10.2 Å². The van der Waals surface area contributed by atoms with Crippen LogP contribution in [-0.2, 0) is 19.1 Å². The molecule has 2 fully saturated rings. The van der Waals surface area contributed by atoms with Crippen molar-refractivity contribution in [1.29, 1.82) is 0 Å². The van der Waals surface area contributed by atoms with Crippen LogP contribution in [-0.4, -0.2) is 60.8 Å². The number of nitrogens with zero attached hydrogens (tertiary/aromatic N) is 1. The third kappa shape index (κ3) is 2.81. The Balaban J connectivity index is 2.15. The number of carbonyl (C=O) groups is 2. The molecule has 114 valence electrons. The molecule has 2 saturated heterocycles. The molecule has 0 aromatic heterocycles. The van der Waals surface area contributed by atoms with Gasteiger partial charge in [0.25, 0.3) is 0 Å². The van der Waals surface area contributed by atoms with Crippen LogP contribution in [0, 0.1) is 0 Å². The number of hydrogen-bond acceptors (Lipinski definition) is 4. The molecular weight excluding hydrogens is 260 g/mol. The Hall–Kier alpha value is -1.14. The smallest absolute Gasteiger partial charge is 0.248 e. The first kappa shape index (κ1) is 15.3. The van der Waals surface area contributed by atoms with Crippen molar-refractivity contribution in [3.05, 3.63) is 0 Å². The Labute approximate surface area is 119 Å². The second-order valence-electron chi connectivity index (χ2n) is 5.62. The van der Waals surface area contributed by atoms with Gasteiger partial charge in [0.1, 0.15) is 11.6 Å². The summed E-state index contributed by atoms with van der Waals surface area (Å²) < 4.78 is 11.0. The Kier molecular flexibility index (Phi) is 4.65. The lowest BCUT2D eigenvalue weighted by atomic mass is 9.91. The van der Waals surface area contributed by atoms with Crippen LogP contribution in [0.4, 0.5) is 0 Å². The third-order valence-corrected chi connectivity index (χ3v) is 4.19. The molecule has 3 unspecified atom stereocenters. The molecule has 0 aromatic rings. The molecule has 6 heteroatoms. The van der Waals surface area contributed by atoms with Crippen molar-refractivity contribution in [2.45, 2.75) is 51.3 Å². The van der Waals surface area contributed by atoms with E-state index in [-0.39, 0.29) is 17.9 Å². The quantitative estimate of drug-likeness (QED) is 0.806. The van der Waals surface area contributed by atoms with Crippen LogP contribution in [0.25, 0.3) is 0 Å². The van der Waals surface area contributed by atoms with Gasteiger partial charge in [0.05, 0.1) is 32.5 Å². The second-order valence-corrected chi connectivity index (χ2v) is 5.62. The SMILES string of the molecule is CCC1C(=O)NC(C)(CC)C(=O)N1CC1COCCO1. The molecule has 2 heterocycles. The van der Waals surface area contributed by atoms with Gasteiger partial charge >= 0.3 is 0 Å². The number of amides is 2. The maximum atomic E-state index is 12.7. The summed E-state index contributed by atoms with van der Waals surface area (Å²) in [6, 6.07) is -0.410. The van der Waals surface area contributed by atoms with Crippen LogP contribution in [0.2, 0.25) is 0 Å². The number of carbonyl (C=O) groups excluding carboxylic acids is 2. The van der Waals surface area contributed by atoms with E-state index in [9.17, 15) is 9.59 Å². The molecule has 2 aliphatic heterocycles. The van der Waals surface area contributed by atoms with Gasteiger partial charge in [0.2, 0.25) is 11.8 Å². The molecule has 0 spiro atoms. The number of ether oxygens (including phenoxy) is 2. The summed E-state index contributed by atoms with van der Waals surface area (Å²) in [4.78, 5) is 26.6.